The summed E-state index contributed by atoms with van der Waals surface area (Å²) in [5.41, 5.74) is 7.12. The Morgan fingerprint density at radius 2 is 1.80 bits per heavy atom. The molecule has 0 bridgehead atoms. The number of nitrogens with zero attached hydrogens (tertiary/aromatic N) is 1. The van der Waals surface area contributed by atoms with Gasteiger partial charge in [-0.1, -0.05) is 6.92 Å². The fraction of sp³-hybridized carbons (Fsp3) is 0.207. The van der Waals surface area contributed by atoms with E-state index in [1.54, 1.807) is 30.5 Å². The number of ether oxygens (including phenoxy) is 1. The minimum Gasteiger partial charge on any atom is -0.497 e. The van der Waals surface area contributed by atoms with Crippen molar-refractivity contribution in [3.8, 4) is 5.75 Å². The standard InChI is InChI=1S/C29H30FN5O5S/c1-4-41(38,39)26-10-6-20(34-17(2)36)14-19(26)16-33-29(37)27(24-15-22(40-3)7-9-25(24)30)35-21-5-8-23-18(13-21)11-12-32-28(23)31/h5-15,27,35H,4,16H2,1-3H3,(H2,31,32)(H,33,37)(H,34,36). The van der Waals surface area contributed by atoms with E-state index in [9.17, 15) is 18.0 Å². The zero-order valence-corrected chi connectivity index (χ0v) is 23.5. The van der Waals surface area contributed by atoms with Gasteiger partial charge in [-0.3, -0.25) is 9.59 Å². The molecule has 5 N–H and O–H groups in total. The van der Waals surface area contributed by atoms with Crippen LogP contribution in [0.1, 0.15) is 31.0 Å². The molecule has 0 saturated heterocycles. The number of hydrogen-bond donors (Lipinski definition) is 4. The number of nitrogen functional groups attached to an aromatic ring is 1. The molecule has 0 radical (unpaired) electrons. The molecule has 2 amide bonds. The van der Waals surface area contributed by atoms with Crippen LogP contribution in [-0.2, 0) is 26.0 Å². The number of pyridine rings is 1. The highest BCUT2D eigenvalue weighted by atomic mass is 32.2. The topological polar surface area (TPSA) is 153 Å². The summed E-state index contributed by atoms with van der Waals surface area (Å²) in [6.45, 7) is 2.64. The van der Waals surface area contributed by atoms with Gasteiger partial charge in [-0.25, -0.2) is 17.8 Å². The van der Waals surface area contributed by atoms with Gasteiger partial charge in [0.2, 0.25) is 11.8 Å². The number of sulfone groups is 1. The maximum absolute atomic E-state index is 15.1. The van der Waals surface area contributed by atoms with Crippen LogP contribution in [0.15, 0.2) is 71.8 Å². The van der Waals surface area contributed by atoms with Crippen LogP contribution < -0.4 is 26.4 Å². The number of aromatic nitrogens is 1. The van der Waals surface area contributed by atoms with Crippen LogP contribution in [0.3, 0.4) is 0 Å². The lowest BCUT2D eigenvalue weighted by atomic mass is 10.0. The number of rotatable bonds is 10. The van der Waals surface area contributed by atoms with Crippen molar-refractivity contribution in [2.24, 2.45) is 0 Å². The zero-order valence-electron chi connectivity index (χ0n) is 22.7. The molecule has 0 aliphatic rings. The first-order valence-electron chi connectivity index (χ1n) is 12.7. The largest absolute Gasteiger partial charge is 0.497 e. The lowest BCUT2D eigenvalue weighted by molar-refractivity contribution is -0.122. The van der Waals surface area contributed by atoms with Crippen molar-refractivity contribution >= 4 is 49.6 Å². The predicted octanol–water partition coefficient (Wildman–Crippen LogP) is 4.19. The highest BCUT2D eigenvalue weighted by molar-refractivity contribution is 7.91. The molecule has 0 aliphatic heterocycles. The molecule has 41 heavy (non-hydrogen) atoms. The van der Waals surface area contributed by atoms with Gasteiger partial charge in [-0.05, 0) is 71.6 Å². The quantitative estimate of drug-likeness (QED) is 0.218. The number of amides is 2. The minimum atomic E-state index is -3.65. The normalized spacial score (nSPS) is 12.0. The molecule has 10 nitrogen and oxygen atoms in total. The van der Waals surface area contributed by atoms with Crippen LogP contribution in [0.5, 0.6) is 5.75 Å². The fourth-order valence-corrected chi connectivity index (χ4v) is 5.47. The predicted molar refractivity (Wildman–Crippen MR) is 156 cm³/mol. The van der Waals surface area contributed by atoms with Gasteiger partial charge < -0.3 is 26.4 Å². The third-order valence-electron chi connectivity index (χ3n) is 6.43. The summed E-state index contributed by atoms with van der Waals surface area (Å²) >= 11 is 0. The monoisotopic (exact) mass is 579 g/mol. The Kier molecular flexibility index (Phi) is 8.72. The average molecular weight is 580 g/mol. The average Bonchev–Trinajstić information content (AvgIpc) is 2.95. The van der Waals surface area contributed by atoms with E-state index in [1.807, 2.05) is 0 Å². The molecule has 4 aromatic rings. The van der Waals surface area contributed by atoms with Crippen LogP contribution in [0.25, 0.3) is 10.8 Å². The van der Waals surface area contributed by atoms with E-state index in [-0.39, 0.29) is 34.2 Å². The molecule has 1 atom stereocenters. The third kappa shape index (κ3) is 6.72. The fourth-order valence-electron chi connectivity index (χ4n) is 4.35. The van der Waals surface area contributed by atoms with Crippen LogP contribution in [0, 0.1) is 5.82 Å². The molecule has 0 aliphatic carbocycles. The van der Waals surface area contributed by atoms with Crippen LogP contribution in [-0.4, -0.2) is 38.1 Å². The Morgan fingerprint density at radius 1 is 1.05 bits per heavy atom. The highest BCUT2D eigenvalue weighted by Gasteiger charge is 2.26. The summed E-state index contributed by atoms with van der Waals surface area (Å²) in [6, 6.07) is 14.1. The van der Waals surface area contributed by atoms with Gasteiger partial charge >= 0.3 is 0 Å². The van der Waals surface area contributed by atoms with Gasteiger partial charge in [0.25, 0.3) is 0 Å². The van der Waals surface area contributed by atoms with E-state index in [4.69, 9.17) is 10.5 Å². The first-order valence-corrected chi connectivity index (χ1v) is 14.3. The Morgan fingerprint density at radius 3 is 2.51 bits per heavy atom. The smallest absolute Gasteiger partial charge is 0.247 e. The molecular formula is C29H30FN5O5S. The minimum absolute atomic E-state index is 0.0181. The van der Waals surface area contributed by atoms with Crippen LogP contribution in [0.2, 0.25) is 0 Å². The summed E-state index contributed by atoms with van der Waals surface area (Å²) in [5.74, 6) is -1.07. The molecule has 0 saturated carbocycles. The number of halogens is 1. The lowest BCUT2D eigenvalue weighted by Gasteiger charge is -2.22. The maximum Gasteiger partial charge on any atom is 0.247 e. The van der Waals surface area contributed by atoms with E-state index in [1.165, 1.54) is 57.4 Å². The van der Waals surface area contributed by atoms with Gasteiger partial charge in [-0.2, -0.15) is 0 Å². The second-order valence-electron chi connectivity index (χ2n) is 9.22. The molecular weight excluding hydrogens is 549 g/mol. The Balaban J connectivity index is 1.70. The molecule has 1 heterocycles. The lowest BCUT2D eigenvalue weighted by Crippen LogP contribution is -2.34. The van der Waals surface area contributed by atoms with Crippen molar-refractivity contribution in [3.63, 3.8) is 0 Å². The van der Waals surface area contributed by atoms with Gasteiger partial charge in [0.1, 0.15) is 23.4 Å². The van der Waals surface area contributed by atoms with Crippen molar-refractivity contribution < 1.29 is 27.1 Å². The van der Waals surface area contributed by atoms with E-state index in [2.05, 4.69) is 20.9 Å². The Hall–Kier alpha value is -4.71. The van der Waals surface area contributed by atoms with Crippen LogP contribution >= 0.6 is 0 Å². The molecule has 4 rings (SSSR count). The van der Waals surface area contributed by atoms with E-state index in [0.717, 1.165) is 10.8 Å². The third-order valence-corrected chi connectivity index (χ3v) is 8.26. The molecule has 0 spiro atoms. The maximum atomic E-state index is 15.1. The van der Waals surface area contributed by atoms with Gasteiger partial charge in [0, 0.05) is 42.0 Å². The summed E-state index contributed by atoms with van der Waals surface area (Å²) in [4.78, 5) is 29.3. The van der Waals surface area contributed by atoms with Crippen molar-refractivity contribution in [1.82, 2.24) is 10.3 Å². The Labute approximate surface area is 237 Å². The van der Waals surface area contributed by atoms with Gasteiger partial charge in [0.05, 0.1) is 17.8 Å². The highest BCUT2D eigenvalue weighted by Crippen LogP contribution is 2.29. The molecule has 1 unspecified atom stereocenters. The number of fused-ring (bicyclic) bond motifs is 1. The van der Waals surface area contributed by atoms with E-state index < -0.39 is 27.6 Å². The summed E-state index contributed by atoms with van der Waals surface area (Å²) in [6.07, 6.45) is 1.56. The number of anilines is 3. The van der Waals surface area contributed by atoms with Crippen molar-refractivity contribution in [2.45, 2.75) is 31.3 Å². The zero-order chi connectivity index (χ0) is 29.7. The Bertz CT molecular complexity index is 1730. The SMILES string of the molecule is CCS(=O)(=O)c1ccc(NC(C)=O)cc1CNC(=O)C(Nc1ccc2c(N)nccc2c1)c1cc(OC)ccc1F. The molecule has 12 heteroatoms. The van der Waals surface area contributed by atoms with Crippen molar-refractivity contribution in [2.75, 3.05) is 29.2 Å². The number of methoxy groups -OCH3 is 1. The first kappa shape index (κ1) is 29.3. The number of carbonyl (C=O) groups is 2. The molecule has 3 aromatic carbocycles. The number of nitrogens with one attached hydrogen (secondary N) is 3. The summed E-state index contributed by atoms with van der Waals surface area (Å²) < 4.78 is 45.9. The molecule has 0 fully saturated rings. The van der Waals surface area contributed by atoms with Crippen molar-refractivity contribution in [3.05, 3.63) is 83.8 Å². The summed E-state index contributed by atoms with van der Waals surface area (Å²) in [5, 5.41) is 9.91. The van der Waals surface area contributed by atoms with Crippen LogP contribution in [0.4, 0.5) is 21.6 Å². The van der Waals surface area contributed by atoms with E-state index >= 15 is 4.39 Å². The van der Waals surface area contributed by atoms with Gasteiger partial charge in [0.15, 0.2) is 9.84 Å². The second kappa shape index (κ2) is 12.2. The second-order valence-corrected chi connectivity index (χ2v) is 11.5. The molecule has 1 aromatic heterocycles. The molecule has 214 valence electrons. The number of benzene rings is 3. The number of carbonyl (C=O) groups excluding carboxylic acids is 2. The van der Waals surface area contributed by atoms with Crippen molar-refractivity contribution in [1.29, 1.82) is 0 Å². The number of hydrogen-bond acceptors (Lipinski definition) is 8. The van der Waals surface area contributed by atoms with Gasteiger partial charge in [-0.15, -0.1) is 0 Å². The summed E-state index contributed by atoms with van der Waals surface area (Å²) in [7, 11) is -2.22. The van der Waals surface area contributed by atoms with E-state index in [0.29, 0.717) is 22.9 Å². The number of nitrogens with two attached hydrogens (primary N) is 1. The first-order chi connectivity index (χ1) is 19.5.